The number of rotatable bonds is 4. The molecule has 0 aliphatic carbocycles. The SMILES string of the molecule is CC(C)CCCc1cccc(F)c1C#N. The van der Waals surface area contributed by atoms with Gasteiger partial charge in [0.15, 0.2) is 0 Å². The molecule has 0 amide bonds. The molecule has 1 aromatic rings. The first-order valence-electron chi connectivity index (χ1n) is 5.32. The molecule has 0 aliphatic heterocycles. The van der Waals surface area contributed by atoms with E-state index in [0.717, 1.165) is 24.8 Å². The van der Waals surface area contributed by atoms with E-state index in [1.807, 2.05) is 12.1 Å². The predicted octanol–water partition coefficient (Wildman–Crippen LogP) is 3.68. The van der Waals surface area contributed by atoms with Gasteiger partial charge >= 0.3 is 0 Å². The van der Waals surface area contributed by atoms with E-state index in [-0.39, 0.29) is 5.56 Å². The molecule has 0 unspecified atom stereocenters. The molecule has 0 atom stereocenters. The summed E-state index contributed by atoms with van der Waals surface area (Å²) in [6.45, 7) is 4.33. The largest absolute Gasteiger partial charge is 0.206 e. The molecule has 0 bridgehead atoms. The molecule has 0 N–H and O–H groups in total. The number of aryl methyl sites for hydroxylation is 1. The molecule has 1 rings (SSSR count). The summed E-state index contributed by atoms with van der Waals surface area (Å²) in [5, 5.41) is 8.82. The van der Waals surface area contributed by atoms with Gasteiger partial charge in [-0.2, -0.15) is 5.26 Å². The maximum atomic E-state index is 13.2. The normalized spacial score (nSPS) is 10.3. The molecule has 0 saturated carbocycles. The van der Waals surface area contributed by atoms with Crippen LogP contribution in [0.25, 0.3) is 0 Å². The highest BCUT2D eigenvalue weighted by Crippen LogP contribution is 2.16. The first-order chi connectivity index (χ1) is 7.15. The number of nitrogens with zero attached hydrogens (tertiary/aromatic N) is 1. The second-order valence-electron chi connectivity index (χ2n) is 4.17. The Morgan fingerprint density at radius 1 is 1.40 bits per heavy atom. The summed E-state index contributed by atoms with van der Waals surface area (Å²) in [7, 11) is 0. The minimum absolute atomic E-state index is 0.209. The Labute approximate surface area is 90.5 Å². The van der Waals surface area contributed by atoms with Crippen LogP contribution in [0.15, 0.2) is 18.2 Å². The number of benzene rings is 1. The summed E-state index contributed by atoms with van der Waals surface area (Å²) >= 11 is 0. The summed E-state index contributed by atoms with van der Waals surface area (Å²) in [5.74, 6) is 0.253. The molecule has 0 spiro atoms. The average Bonchev–Trinajstić information content (AvgIpc) is 2.17. The zero-order chi connectivity index (χ0) is 11.3. The van der Waals surface area contributed by atoms with Gasteiger partial charge in [0.05, 0.1) is 5.56 Å². The minimum Gasteiger partial charge on any atom is -0.206 e. The molecule has 1 aromatic carbocycles. The second kappa shape index (κ2) is 5.50. The van der Waals surface area contributed by atoms with Gasteiger partial charge < -0.3 is 0 Å². The van der Waals surface area contributed by atoms with Gasteiger partial charge in [0.25, 0.3) is 0 Å². The smallest absolute Gasteiger partial charge is 0.141 e. The van der Waals surface area contributed by atoms with Gasteiger partial charge in [0.1, 0.15) is 11.9 Å². The van der Waals surface area contributed by atoms with Crippen molar-refractivity contribution in [3.8, 4) is 6.07 Å². The van der Waals surface area contributed by atoms with Crippen LogP contribution in [-0.2, 0) is 6.42 Å². The number of hydrogen-bond acceptors (Lipinski definition) is 1. The molecule has 15 heavy (non-hydrogen) atoms. The van der Waals surface area contributed by atoms with Crippen LogP contribution in [0.4, 0.5) is 4.39 Å². The van der Waals surface area contributed by atoms with Crippen molar-refractivity contribution in [2.45, 2.75) is 33.1 Å². The van der Waals surface area contributed by atoms with Gasteiger partial charge in [-0.3, -0.25) is 0 Å². The first kappa shape index (κ1) is 11.7. The van der Waals surface area contributed by atoms with Crippen LogP contribution >= 0.6 is 0 Å². The van der Waals surface area contributed by atoms with Gasteiger partial charge in [-0.05, 0) is 30.4 Å². The Balaban J connectivity index is 2.69. The van der Waals surface area contributed by atoms with Crippen molar-refractivity contribution in [3.63, 3.8) is 0 Å². The van der Waals surface area contributed by atoms with Crippen molar-refractivity contribution in [1.29, 1.82) is 5.26 Å². The van der Waals surface area contributed by atoms with Gasteiger partial charge in [0.2, 0.25) is 0 Å². The molecular formula is C13H16FN. The van der Waals surface area contributed by atoms with Gasteiger partial charge in [-0.15, -0.1) is 0 Å². The Morgan fingerprint density at radius 2 is 2.13 bits per heavy atom. The quantitative estimate of drug-likeness (QED) is 0.735. The van der Waals surface area contributed by atoms with Crippen molar-refractivity contribution in [2.75, 3.05) is 0 Å². The standard InChI is InChI=1S/C13H16FN/c1-10(2)5-3-6-11-7-4-8-13(14)12(11)9-15/h4,7-8,10H,3,5-6H2,1-2H3. The summed E-state index contributed by atoms with van der Waals surface area (Å²) < 4.78 is 13.2. The molecule has 2 heteroatoms. The Hall–Kier alpha value is -1.36. The zero-order valence-corrected chi connectivity index (χ0v) is 9.26. The van der Waals surface area contributed by atoms with Crippen molar-refractivity contribution in [1.82, 2.24) is 0 Å². The van der Waals surface area contributed by atoms with E-state index in [0.29, 0.717) is 5.92 Å². The van der Waals surface area contributed by atoms with E-state index in [9.17, 15) is 4.39 Å². The molecule has 0 radical (unpaired) electrons. The number of halogens is 1. The molecular weight excluding hydrogens is 189 g/mol. The van der Waals surface area contributed by atoms with E-state index in [4.69, 9.17) is 5.26 Å². The van der Waals surface area contributed by atoms with E-state index < -0.39 is 5.82 Å². The topological polar surface area (TPSA) is 23.8 Å². The van der Waals surface area contributed by atoms with E-state index >= 15 is 0 Å². The van der Waals surface area contributed by atoms with Crippen LogP contribution < -0.4 is 0 Å². The van der Waals surface area contributed by atoms with E-state index in [2.05, 4.69) is 13.8 Å². The lowest BCUT2D eigenvalue weighted by Gasteiger charge is -2.06. The summed E-state index contributed by atoms with van der Waals surface area (Å²) in [6, 6.07) is 6.77. The van der Waals surface area contributed by atoms with Crippen LogP contribution in [0.2, 0.25) is 0 Å². The van der Waals surface area contributed by atoms with Gasteiger partial charge in [0, 0.05) is 0 Å². The Morgan fingerprint density at radius 3 is 2.73 bits per heavy atom. The number of hydrogen-bond donors (Lipinski definition) is 0. The van der Waals surface area contributed by atoms with Gasteiger partial charge in [-0.25, -0.2) is 4.39 Å². The van der Waals surface area contributed by atoms with Crippen molar-refractivity contribution in [3.05, 3.63) is 35.1 Å². The molecule has 0 aliphatic rings. The lowest BCUT2D eigenvalue weighted by Crippen LogP contribution is -1.96. The summed E-state index contributed by atoms with van der Waals surface area (Å²) in [5.41, 5.74) is 1.04. The van der Waals surface area contributed by atoms with E-state index in [1.54, 1.807) is 6.07 Å². The third-order valence-corrected chi connectivity index (χ3v) is 2.44. The van der Waals surface area contributed by atoms with Crippen LogP contribution in [-0.4, -0.2) is 0 Å². The molecule has 80 valence electrons. The number of nitriles is 1. The first-order valence-corrected chi connectivity index (χ1v) is 5.32. The molecule has 0 fully saturated rings. The van der Waals surface area contributed by atoms with Gasteiger partial charge in [-0.1, -0.05) is 32.4 Å². The molecule has 0 heterocycles. The average molecular weight is 205 g/mol. The summed E-state index contributed by atoms with van der Waals surface area (Å²) in [6.07, 6.45) is 2.91. The Bertz CT molecular complexity index is 363. The molecule has 0 aromatic heterocycles. The van der Waals surface area contributed by atoms with Crippen LogP contribution in [0.3, 0.4) is 0 Å². The second-order valence-corrected chi connectivity index (χ2v) is 4.17. The highest BCUT2D eigenvalue weighted by Gasteiger charge is 2.07. The van der Waals surface area contributed by atoms with E-state index in [1.165, 1.54) is 6.07 Å². The molecule has 0 saturated heterocycles. The fourth-order valence-electron chi connectivity index (χ4n) is 1.60. The lowest BCUT2D eigenvalue weighted by atomic mass is 9.99. The fourth-order valence-corrected chi connectivity index (χ4v) is 1.60. The highest BCUT2D eigenvalue weighted by atomic mass is 19.1. The van der Waals surface area contributed by atoms with Crippen molar-refractivity contribution in [2.24, 2.45) is 5.92 Å². The Kier molecular flexibility index (Phi) is 4.30. The third kappa shape index (κ3) is 3.36. The minimum atomic E-state index is -0.403. The van der Waals surface area contributed by atoms with Crippen molar-refractivity contribution < 1.29 is 4.39 Å². The fraction of sp³-hybridized carbons (Fsp3) is 0.462. The maximum Gasteiger partial charge on any atom is 0.141 e. The predicted molar refractivity (Wildman–Crippen MR) is 58.9 cm³/mol. The maximum absolute atomic E-state index is 13.2. The highest BCUT2D eigenvalue weighted by molar-refractivity contribution is 5.38. The summed E-state index contributed by atoms with van der Waals surface area (Å²) in [4.78, 5) is 0. The van der Waals surface area contributed by atoms with Crippen LogP contribution in [0, 0.1) is 23.1 Å². The lowest BCUT2D eigenvalue weighted by molar-refractivity contribution is 0.553. The third-order valence-electron chi connectivity index (χ3n) is 2.44. The monoisotopic (exact) mass is 205 g/mol. The van der Waals surface area contributed by atoms with Crippen molar-refractivity contribution >= 4 is 0 Å². The van der Waals surface area contributed by atoms with Crippen LogP contribution in [0.1, 0.15) is 37.8 Å². The molecule has 1 nitrogen and oxygen atoms in total. The zero-order valence-electron chi connectivity index (χ0n) is 9.26. The van der Waals surface area contributed by atoms with Crippen LogP contribution in [0.5, 0.6) is 0 Å².